The number of aliphatic imine (C=N–C) groups is 1. The summed E-state index contributed by atoms with van der Waals surface area (Å²) in [5, 5.41) is 3.23. The zero-order valence-corrected chi connectivity index (χ0v) is 12.9. The van der Waals surface area contributed by atoms with Crippen LogP contribution in [0.4, 0.5) is 11.4 Å². The van der Waals surface area contributed by atoms with Gasteiger partial charge in [0.1, 0.15) is 11.4 Å². The number of nitrogens with one attached hydrogen (secondary N) is 1. The number of nitrogens with zero attached hydrogens (tertiary/aromatic N) is 1. The van der Waals surface area contributed by atoms with Gasteiger partial charge in [-0.25, -0.2) is 0 Å². The van der Waals surface area contributed by atoms with Gasteiger partial charge >= 0.3 is 0 Å². The Morgan fingerprint density at radius 1 is 1.48 bits per heavy atom. The minimum absolute atomic E-state index is 0.516. The Balaban J connectivity index is 3.05. The molecule has 1 rings (SSSR count). The molecule has 0 aliphatic heterocycles. The largest absolute Gasteiger partial charge is 0.494 e. The van der Waals surface area contributed by atoms with Crippen molar-refractivity contribution in [3.63, 3.8) is 0 Å². The van der Waals surface area contributed by atoms with Crippen LogP contribution in [0.5, 0.6) is 5.75 Å². The van der Waals surface area contributed by atoms with E-state index in [0.29, 0.717) is 18.0 Å². The number of ether oxygens (including phenoxy) is 1. The fourth-order valence-corrected chi connectivity index (χ4v) is 1.90. The Labute approximate surface area is 126 Å². The van der Waals surface area contributed by atoms with Crippen LogP contribution in [0, 0.1) is 0 Å². The van der Waals surface area contributed by atoms with Crippen molar-refractivity contribution in [1.82, 2.24) is 0 Å². The zero-order valence-electron chi connectivity index (χ0n) is 12.9. The predicted molar refractivity (Wildman–Crippen MR) is 91.9 cm³/mol. The number of allylic oxidation sites excluding steroid dienone is 1. The minimum atomic E-state index is 0.516. The van der Waals surface area contributed by atoms with Gasteiger partial charge in [-0.1, -0.05) is 13.5 Å². The number of benzene rings is 1. The molecule has 0 bridgehead atoms. The molecule has 0 aliphatic rings. The molecule has 0 heterocycles. The van der Waals surface area contributed by atoms with Gasteiger partial charge in [-0.05, 0) is 29.7 Å². The molecule has 0 saturated carbocycles. The number of methoxy groups -OCH3 is 1. The highest BCUT2D eigenvalue weighted by atomic mass is 16.5. The summed E-state index contributed by atoms with van der Waals surface area (Å²) in [6.45, 7) is 6.60. The second-order valence-electron chi connectivity index (χ2n) is 4.58. The molecule has 0 saturated heterocycles. The van der Waals surface area contributed by atoms with E-state index >= 15 is 0 Å². The van der Waals surface area contributed by atoms with E-state index in [9.17, 15) is 0 Å². The maximum atomic E-state index is 6.12. The van der Waals surface area contributed by atoms with Crippen molar-refractivity contribution in [1.29, 1.82) is 0 Å². The first kappa shape index (κ1) is 16.6. The first-order chi connectivity index (χ1) is 10.1. The second-order valence-corrected chi connectivity index (χ2v) is 4.58. The molecule has 0 radical (unpaired) electrons. The molecular weight excluding hydrogens is 264 g/mol. The number of hydrogen-bond donors (Lipinski definition) is 3. The molecule has 0 amide bonds. The molecule has 1 aromatic rings. The quantitative estimate of drug-likeness (QED) is 0.532. The monoisotopic (exact) mass is 288 g/mol. The van der Waals surface area contributed by atoms with Gasteiger partial charge < -0.3 is 21.5 Å². The average Bonchev–Trinajstić information content (AvgIpc) is 2.50. The Hall–Kier alpha value is -2.43. The average molecular weight is 288 g/mol. The number of rotatable bonds is 7. The van der Waals surface area contributed by atoms with Crippen molar-refractivity contribution in [3.05, 3.63) is 36.0 Å². The summed E-state index contributed by atoms with van der Waals surface area (Å²) >= 11 is 0. The van der Waals surface area contributed by atoms with Gasteiger partial charge in [0.2, 0.25) is 0 Å². The Kier molecular flexibility index (Phi) is 6.33. The van der Waals surface area contributed by atoms with E-state index < -0.39 is 0 Å². The molecular formula is C16H24N4O. The third-order valence-electron chi connectivity index (χ3n) is 3.17. The van der Waals surface area contributed by atoms with Crippen LogP contribution in [-0.2, 0) is 0 Å². The first-order valence-electron chi connectivity index (χ1n) is 6.79. The van der Waals surface area contributed by atoms with E-state index in [1.165, 1.54) is 6.20 Å². The van der Waals surface area contributed by atoms with Crippen LogP contribution in [0.25, 0.3) is 5.57 Å². The molecule has 5 nitrogen and oxygen atoms in total. The lowest BCUT2D eigenvalue weighted by molar-refractivity contribution is 0.416. The van der Waals surface area contributed by atoms with Crippen molar-refractivity contribution in [3.8, 4) is 5.75 Å². The van der Waals surface area contributed by atoms with Crippen LogP contribution >= 0.6 is 0 Å². The molecule has 0 aliphatic carbocycles. The Bertz CT molecular complexity index is 562. The summed E-state index contributed by atoms with van der Waals surface area (Å²) in [6, 6.07) is 3.83. The van der Waals surface area contributed by atoms with E-state index in [0.717, 1.165) is 28.8 Å². The lowest BCUT2D eigenvalue weighted by Gasteiger charge is -2.16. The van der Waals surface area contributed by atoms with Crippen molar-refractivity contribution in [2.24, 2.45) is 10.7 Å². The molecule has 5 N–H and O–H groups in total. The van der Waals surface area contributed by atoms with Crippen molar-refractivity contribution >= 4 is 23.2 Å². The molecule has 5 heteroatoms. The van der Waals surface area contributed by atoms with Gasteiger partial charge in [0, 0.05) is 31.6 Å². The number of hydrogen-bond acceptors (Lipinski definition) is 5. The fourth-order valence-electron chi connectivity index (χ4n) is 1.90. The summed E-state index contributed by atoms with van der Waals surface area (Å²) in [5.41, 5.74) is 15.9. The highest BCUT2D eigenvalue weighted by molar-refractivity contribution is 5.83. The first-order valence-corrected chi connectivity index (χ1v) is 6.79. The molecule has 0 unspecified atom stereocenters. The third kappa shape index (κ3) is 4.27. The highest BCUT2D eigenvalue weighted by Crippen LogP contribution is 2.35. The molecule has 1 aromatic carbocycles. The van der Waals surface area contributed by atoms with Crippen molar-refractivity contribution in [2.75, 3.05) is 31.8 Å². The van der Waals surface area contributed by atoms with Crippen molar-refractivity contribution < 1.29 is 4.74 Å². The SMILES string of the molecule is C=C(CC)c1cc(N)c(NCC(C=NC)=CN)c(OC)c1. The van der Waals surface area contributed by atoms with Gasteiger partial charge in [0.15, 0.2) is 0 Å². The van der Waals surface area contributed by atoms with E-state index in [4.69, 9.17) is 16.2 Å². The molecule has 114 valence electrons. The van der Waals surface area contributed by atoms with Crippen LogP contribution in [0.2, 0.25) is 0 Å². The fraction of sp³-hybridized carbons (Fsp3) is 0.312. The van der Waals surface area contributed by atoms with Crippen LogP contribution < -0.4 is 21.5 Å². The summed E-state index contributed by atoms with van der Waals surface area (Å²) in [7, 11) is 3.31. The van der Waals surface area contributed by atoms with Gasteiger partial charge in [-0.15, -0.1) is 0 Å². The molecule has 0 atom stereocenters. The smallest absolute Gasteiger partial charge is 0.144 e. The normalized spacial score (nSPS) is 11.7. The summed E-state index contributed by atoms with van der Waals surface area (Å²) < 4.78 is 5.42. The summed E-state index contributed by atoms with van der Waals surface area (Å²) in [5.74, 6) is 0.685. The third-order valence-corrected chi connectivity index (χ3v) is 3.17. The van der Waals surface area contributed by atoms with Crippen molar-refractivity contribution in [2.45, 2.75) is 13.3 Å². The summed E-state index contributed by atoms with van der Waals surface area (Å²) in [4.78, 5) is 3.95. The second kappa shape index (κ2) is 7.99. The van der Waals surface area contributed by atoms with Gasteiger partial charge in [0.25, 0.3) is 0 Å². The van der Waals surface area contributed by atoms with Crippen LogP contribution in [-0.4, -0.2) is 26.9 Å². The predicted octanol–water partition coefficient (Wildman–Crippen LogP) is 2.66. The van der Waals surface area contributed by atoms with Crippen LogP contribution in [0.1, 0.15) is 18.9 Å². The van der Waals surface area contributed by atoms with E-state index in [1.807, 2.05) is 12.1 Å². The van der Waals surface area contributed by atoms with Crippen LogP contribution in [0.15, 0.2) is 35.5 Å². The molecule has 21 heavy (non-hydrogen) atoms. The van der Waals surface area contributed by atoms with E-state index in [2.05, 4.69) is 23.8 Å². The lowest BCUT2D eigenvalue weighted by atomic mass is 10.0. The maximum absolute atomic E-state index is 6.12. The highest BCUT2D eigenvalue weighted by Gasteiger charge is 2.11. The Morgan fingerprint density at radius 2 is 2.19 bits per heavy atom. The number of nitrogen functional groups attached to an aromatic ring is 1. The summed E-state index contributed by atoms with van der Waals surface area (Å²) in [6.07, 6.45) is 4.07. The standard InChI is InChI=1S/C16H24N4O/c1-5-11(2)13-6-14(18)16(15(7-13)21-4)20-10-12(8-17)9-19-3/h6-9,20H,2,5,10,17-18H2,1,3-4H3. The van der Waals surface area contributed by atoms with E-state index in [-0.39, 0.29) is 0 Å². The van der Waals surface area contributed by atoms with Gasteiger partial charge in [0.05, 0.1) is 12.8 Å². The van der Waals surface area contributed by atoms with E-state index in [1.54, 1.807) is 20.4 Å². The maximum Gasteiger partial charge on any atom is 0.144 e. The minimum Gasteiger partial charge on any atom is -0.494 e. The van der Waals surface area contributed by atoms with Crippen LogP contribution in [0.3, 0.4) is 0 Å². The molecule has 0 aromatic heterocycles. The number of anilines is 2. The topological polar surface area (TPSA) is 85.7 Å². The molecule has 0 spiro atoms. The Morgan fingerprint density at radius 3 is 2.71 bits per heavy atom. The zero-order chi connectivity index (χ0) is 15.8. The van der Waals surface area contributed by atoms with Gasteiger partial charge in [-0.2, -0.15) is 0 Å². The molecule has 0 fully saturated rings. The number of nitrogens with two attached hydrogens (primary N) is 2. The van der Waals surface area contributed by atoms with Gasteiger partial charge in [-0.3, -0.25) is 4.99 Å². The lowest BCUT2D eigenvalue weighted by Crippen LogP contribution is -2.10.